The summed E-state index contributed by atoms with van der Waals surface area (Å²) in [7, 11) is 3.43. The lowest BCUT2D eigenvalue weighted by atomic mass is 9.93. The molecule has 0 aromatic carbocycles. The monoisotopic (exact) mass is 214 g/mol. The van der Waals surface area contributed by atoms with Gasteiger partial charge in [0.1, 0.15) is 0 Å². The third-order valence-electron chi connectivity index (χ3n) is 3.04. The number of rotatable bonds is 4. The highest BCUT2D eigenvalue weighted by Crippen LogP contribution is 2.21. The number of likely N-dealkylation sites (N-methyl/N-ethyl adjacent to an activating group) is 1. The number of nitrogens with zero attached hydrogens (tertiary/aromatic N) is 1. The van der Waals surface area contributed by atoms with Gasteiger partial charge in [-0.25, -0.2) is 0 Å². The fourth-order valence-electron chi connectivity index (χ4n) is 2.11. The Balaban J connectivity index is 2.45. The molecule has 1 heterocycles. The molecule has 1 saturated heterocycles. The van der Waals surface area contributed by atoms with Crippen molar-refractivity contribution < 1.29 is 9.53 Å². The van der Waals surface area contributed by atoms with E-state index in [1.165, 1.54) is 7.11 Å². The summed E-state index contributed by atoms with van der Waals surface area (Å²) in [5.41, 5.74) is -0.405. The zero-order valence-electron chi connectivity index (χ0n) is 10.2. The minimum absolute atomic E-state index is 0.129. The molecule has 0 aliphatic carbocycles. The molecule has 0 bridgehead atoms. The summed E-state index contributed by atoms with van der Waals surface area (Å²) in [6, 6.07) is 0.568. The van der Waals surface area contributed by atoms with Gasteiger partial charge in [-0.05, 0) is 33.9 Å². The van der Waals surface area contributed by atoms with E-state index in [1.54, 1.807) is 0 Å². The zero-order valence-corrected chi connectivity index (χ0v) is 10.2. The molecule has 1 aliphatic heterocycles. The Labute approximate surface area is 92.0 Å². The molecular weight excluding hydrogens is 192 g/mol. The fraction of sp³-hybridized carbons (Fsp3) is 0.909. The highest BCUT2D eigenvalue weighted by molar-refractivity contribution is 5.76. The molecule has 1 rings (SSSR count). The molecule has 0 aromatic heterocycles. The molecule has 88 valence electrons. The van der Waals surface area contributed by atoms with E-state index >= 15 is 0 Å². The quantitative estimate of drug-likeness (QED) is 0.691. The smallest absolute Gasteiger partial charge is 0.312 e. The summed E-state index contributed by atoms with van der Waals surface area (Å²) in [6.45, 7) is 6.73. The van der Waals surface area contributed by atoms with E-state index in [-0.39, 0.29) is 5.97 Å². The maximum Gasteiger partial charge on any atom is 0.312 e. The Morgan fingerprint density at radius 3 is 2.73 bits per heavy atom. The summed E-state index contributed by atoms with van der Waals surface area (Å²) in [4.78, 5) is 13.8. The van der Waals surface area contributed by atoms with Crippen LogP contribution < -0.4 is 5.32 Å². The van der Waals surface area contributed by atoms with Crippen LogP contribution in [0.25, 0.3) is 0 Å². The summed E-state index contributed by atoms with van der Waals surface area (Å²) in [5.74, 6) is -0.129. The molecule has 0 saturated carbocycles. The molecule has 4 heteroatoms. The normalized spacial score (nSPS) is 23.1. The van der Waals surface area contributed by atoms with Crippen molar-refractivity contribution >= 4 is 5.97 Å². The highest BCUT2D eigenvalue weighted by atomic mass is 16.5. The molecule has 1 fully saturated rings. The van der Waals surface area contributed by atoms with Gasteiger partial charge in [-0.15, -0.1) is 0 Å². The van der Waals surface area contributed by atoms with E-state index in [1.807, 2.05) is 20.9 Å². The van der Waals surface area contributed by atoms with Crippen LogP contribution in [0.5, 0.6) is 0 Å². The minimum atomic E-state index is -0.405. The second kappa shape index (κ2) is 4.94. The second-order valence-corrected chi connectivity index (χ2v) is 4.88. The van der Waals surface area contributed by atoms with Crippen LogP contribution in [-0.2, 0) is 9.53 Å². The Kier molecular flexibility index (Phi) is 4.11. The maximum atomic E-state index is 11.5. The van der Waals surface area contributed by atoms with Crippen molar-refractivity contribution in [1.82, 2.24) is 10.2 Å². The molecule has 0 amide bonds. The molecule has 15 heavy (non-hydrogen) atoms. The summed E-state index contributed by atoms with van der Waals surface area (Å²) < 4.78 is 4.80. The number of likely N-dealkylation sites (tertiary alicyclic amines) is 1. The van der Waals surface area contributed by atoms with E-state index in [2.05, 4.69) is 10.2 Å². The largest absolute Gasteiger partial charge is 0.469 e. The van der Waals surface area contributed by atoms with Gasteiger partial charge in [0.25, 0.3) is 0 Å². The predicted molar refractivity (Wildman–Crippen MR) is 59.7 cm³/mol. The SMILES string of the molecule is CNC1CCN(CC(C)(C)C(=O)OC)C1. The number of hydrogen-bond donors (Lipinski definition) is 1. The summed E-state index contributed by atoms with van der Waals surface area (Å²) >= 11 is 0. The standard InChI is InChI=1S/C11H22N2O2/c1-11(2,10(14)15-4)8-13-6-5-9(7-13)12-3/h9,12H,5-8H2,1-4H3. The van der Waals surface area contributed by atoms with Crippen molar-refractivity contribution in [3.63, 3.8) is 0 Å². The molecule has 1 N–H and O–H groups in total. The molecule has 0 radical (unpaired) electrons. The zero-order chi connectivity index (χ0) is 11.5. The van der Waals surface area contributed by atoms with Gasteiger partial charge in [0.2, 0.25) is 0 Å². The van der Waals surface area contributed by atoms with E-state index in [9.17, 15) is 4.79 Å². The minimum Gasteiger partial charge on any atom is -0.469 e. The first-order chi connectivity index (χ1) is 6.99. The molecule has 1 unspecified atom stereocenters. The van der Waals surface area contributed by atoms with Crippen LogP contribution in [0.4, 0.5) is 0 Å². The second-order valence-electron chi connectivity index (χ2n) is 4.88. The van der Waals surface area contributed by atoms with Gasteiger partial charge >= 0.3 is 5.97 Å². The number of esters is 1. The number of carbonyl (C=O) groups is 1. The molecule has 1 atom stereocenters. The van der Waals surface area contributed by atoms with E-state index < -0.39 is 5.41 Å². The first kappa shape index (κ1) is 12.5. The molecule has 0 spiro atoms. The summed E-state index contributed by atoms with van der Waals surface area (Å²) in [6.07, 6.45) is 1.16. The van der Waals surface area contributed by atoms with Crippen LogP contribution in [0, 0.1) is 5.41 Å². The Morgan fingerprint density at radius 2 is 2.27 bits per heavy atom. The average Bonchev–Trinajstić information content (AvgIpc) is 2.63. The number of carbonyl (C=O) groups excluding carboxylic acids is 1. The molecular formula is C11H22N2O2. The Hall–Kier alpha value is -0.610. The lowest BCUT2D eigenvalue weighted by molar-refractivity contribution is -0.151. The van der Waals surface area contributed by atoms with Crippen LogP contribution in [-0.4, -0.2) is 50.7 Å². The van der Waals surface area contributed by atoms with E-state index in [0.717, 1.165) is 26.1 Å². The van der Waals surface area contributed by atoms with Gasteiger partial charge in [-0.3, -0.25) is 4.79 Å². The number of nitrogens with one attached hydrogen (secondary N) is 1. The highest BCUT2D eigenvalue weighted by Gasteiger charge is 2.33. The van der Waals surface area contributed by atoms with Crippen molar-refractivity contribution in [2.75, 3.05) is 33.8 Å². The number of ether oxygens (including phenoxy) is 1. The van der Waals surface area contributed by atoms with Crippen LogP contribution in [0.1, 0.15) is 20.3 Å². The topological polar surface area (TPSA) is 41.6 Å². The lowest BCUT2D eigenvalue weighted by Gasteiger charge is -2.27. The first-order valence-electron chi connectivity index (χ1n) is 5.47. The lowest BCUT2D eigenvalue weighted by Crippen LogP contribution is -2.40. The van der Waals surface area contributed by atoms with Crippen LogP contribution in [0.15, 0.2) is 0 Å². The van der Waals surface area contributed by atoms with Gasteiger partial charge in [0.05, 0.1) is 12.5 Å². The molecule has 1 aliphatic rings. The maximum absolute atomic E-state index is 11.5. The van der Waals surface area contributed by atoms with Crippen LogP contribution >= 0.6 is 0 Å². The molecule has 4 nitrogen and oxygen atoms in total. The van der Waals surface area contributed by atoms with Crippen molar-refractivity contribution in [2.45, 2.75) is 26.3 Å². The Morgan fingerprint density at radius 1 is 1.60 bits per heavy atom. The van der Waals surface area contributed by atoms with Crippen molar-refractivity contribution in [3.05, 3.63) is 0 Å². The first-order valence-corrected chi connectivity index (χ1v) is 5.47. The van der Waals surface area contributed by atoms with Crippen LogP contribution in [0.2, 0.25) is 0 Å². The molecule has 0 aromatic rings. The van der Waals surface area contributed by atoms with E-state index in [4.69, 9.17) is 4.74 Å². The Bertz CT molecular complexity index is 229. The van der Waals surface area contributed by atoms with Crippen molar-refractivity contribution in [2.24, 2.45) is 5.41 Å². The third-order valence-corrected chi connectivity index (χ3v) is 3.04. The predicted octanol–water partition coefficient (Wildman–Crippen LogP) is 0.479. The fourth-order valence-corrected chi connectivity index (χ4v) is 2.11. The van der Waals surface area contributed by atoms with Gasteiger partial charge < -0.3 is 15.0 Å². The van der Waals surface area contributed by atoms with Crippen LogP contribution in [0.3, 0.4) is 0 Å². The van der Waals surface area contributed by atoms with Gasteiger partial charge in [0, 0.05) is 19.1 Å². The summed E-state index contributed by atoms with van der Waals surface area (Å²) in [5, 5.41) is 3.27. The van der Waals surface area contributed by atoms with Crippen molar-refractivity contribution in [1.29, 1.82) is 0 Å². The van der Waals surface area contributed by atoms with Gasteiger partial charge in [-0.1, -0.05) is 0 Å². The van der Waals surface area contributed by atoms with E-state index in [0.29, 0.717) is 6.04 Å². The van der Waals surface area contributed by atoms with Gasteiger partial charge in [0.15, 0.2) is 0 Å². The number of hydrogen-bond acceptors (Lipinski definition) is 4. The third kappa shape index (κ3) is 3.18. The average molecular weight is 214 g/mol. The van der Waals surface area contributed by atoms with Gasteiger partial charge in [-0.2, -0.15) is 0 Å². The number of methoxy groups -OCH3 is 1. The van der Waals surface area contributed by atoms with Crippen molar-refractivity contribution in [3.8, 4) is 0 Å².